The molecule has 0 heterocycles. The summed E-state index contributed by atoms with van der Waals surface area (Å²) in [5.41, 5.74) is -0.808. The van der Waals surface area contributed by atoms with Gasteiger partial charge in [0.2, 0.25) is 10.0 Å². The Kier molecular flexibility index (Phi) is 16.2. The largest absolute Gasteiger partial charge is 0.459 e. The predicted molar refractivity (Wildman–Crippen MR) is 229 cm³/mol. The molecule has 0 aromatic heterocycles. The Labute approximate surface area is 350 Å². The molecule has 14 heteroatoms. The van der Waals surface area contributed by atoms with E-state index in [0.29, 0.717) is 30.4 Å². The first-order valence-electron chi connectivity index (χ1n) is 19.8. The summed E-state index contributed by atoms with van der Waals surface area (Å²) in [5.74, 6) is -1.47. The number of hydrogen-bond acceptors (Lipinski definition) is 10. The van der Waals surface area contributed by atoms with Gasteiger partial charge in [-0.1, -0.05) is 61.5 Å². The van der Waals surface area contributed by atoms with Crippen molar-refractivity contribution < 1.29 is 46.5 Å². The van der Waals surface area contributed by atoms with Crippen molar-refractivity contribution in [1.82, 2.24) is 10.6 Å². The SMILES string of the molecule is CCCN(c1cc(COC(=O)C(C)(Cc2cccc(CCC(NC(=O)OC(C)(C)C)c3ccccc3)c2)NC(=O)OC(C)(C)C)cc(C(=O)OC(C)(C)C)c1)S(C)(=O)=O. The number of nitrogens with one attached hydrogen (secondary N) is 2. The summed E-state index contributed by atoms with van der Waals surface area (Å²) < 4.78 is 49.3. The quantitative estimate of drug-likeness (QED) is 0.105. The first-order chi connectivity index (χ1) is 27.2. The number of anilines is 1. The molecule has 0 aliphatic carbocycles. The van der Waals surface area contributed by atoms with Crippen molar-refractivity contribution in [3.63, 3.8) is 0 Å². The van der Waals surface area contributed by atoms with Crippen molar-refractivity contribution in [2.75, 3.05) is 17.1 Å². The zero-order valence-electron chi connectivity index (χ0n) is 36.7. The molecular formula is C45H63N3O10S. The highest BCUT2D eigenvalue weighted by Crippen LogP contribution is 2.27. The Balaban J connectivity index is 1.94. The summed E-state index contributed by atoms with van der Waals surface area (Å²) >= 11 is 0. The van der Waals surface area contributed by atoms with Crippen LogP contribution >= 0.6 is 0 Å². The average Bonchev–Trinajstić information content (AvgIpc) is 3.08. The van der Waals surface area contributed by atoms with Crippen molar-refractivity contribution in [2.24, 2.45) is 0 Å². The number of hydrogen-bond donors (Lipinski definition) is 2. The van der Waals surface area contributed by atoms with Crippen LogP contribution in [0.1, 0.15) is 128 Å². The smallest absolute Gasteiger partial charge is 0.408 e. The second-order valence-electron chi connectivity index (χ2n) is 17.9. The van der Waals surface area contributed by atoms with Gasteiger partial charge < -0.3 is 29.6 Å². The highest BCUT2D eigenvalue weighted by atomic mass is 32.2. The second-order valence-corrected chi connectivity index (χ2v) is 19.8. The van der Waals surface area contributed by atoms with Gasteiger partial charge >= 0.3 is 24.1 Å². The van der Waals surface area contributed by atoms with Gasteiger partial charge in [0.05, 0.1) is 23.5 Å². The minimum absolute atomic E-state index is 0.0126. The zero-order valence-corrected chi connectivity index (χ0v) is 37.5. The van der Waals surface area contributed by atoms with Crippen LogP contribution in [0.25, 0.3) is 0 Å². The Morgan fingerprint density at radius 3 is 1.88 bits per heavy atom. The molecule has 324 valence electrons. The van der Waals surface area contributed by atoms with Crippen LogP contribution in [0, 0.1) is 0 Å². The number of aryl methyl sites for hydroxylation is 1. The molecule has 13 nitrogen and oxygen atoms in total. The third-order valence-corrected chi connectivity index (χ3v) is 9.68. The molecule has 3 rings (SSSR count). The number of rotatable bonds is 16. The van der Waals surface area contributed by atoms with Gasteiger partial charge in [-0.05, 0) is 129 Å². The molecule has 3 aromatic carbocycles. The average molecular weight is 838 g/mol. The molecule has 0 fully saturated rings. The van der Waals surface area contributed by atoms with E-state index in [1.54, 1.807) is 68.4 Å². The summed E-state index contributed by atoms with van der Waals surface area (Å²) in [7, 11) is -3.74. The molecule has 59 heavy (non-hydrogen) atoms. The third-order valence-electron chi connectivity index (χ3n) is 8.49. The van der Waals surface area contributed by atoms with Crippen molar-refractivity contribution in [1.29, 1.82) is 0 Å². The van der Waals surface area contributed by atoms with Crippen LogP contribution < -0.4 is 14.9 Å². The fraction of sp³-hybridized carbons (Fsp3) is 0.511. The lowest BCUT2D eigenvalue weighted by Crippen LogP contribution is -2.55. The molecule has 0 bridgehead atoms. The van der Waals surface area contributed by atoms with Crippen LogP contribution in [-0.4, -0.2) is 67.7 Å². The summed E-state index contributed by atoms with van der Waals surface area (Å²) in [6, 6.07) is 21.3. The van der Waals surface area contributed by atoms with E-state index in [4.69, 9.17) is 18.9 Å². The van der Waals surface area contributed by atoms with Crippen LogP contribution in [0.5, 0.6) is 0 Å². The molecule has 2 unspecified atom stereocenters. The van der Waals surface area contributed by atoms with Crippen LogP contribution in [-0.2, 0) is 53.2 Å². The molecule has 3 aromatic rings. The first-order valence-corrected chi connectivity index (χ1v) is 21.7. The molecule has 2 atom stereocenters. The Bertz CT molecular complexity index is 2030. The first kappa shape index (κ1) is 48.3. The summed E-state index contributed by atoms with van der Waals surface area (Å²) in [4.78, 5) is 53.4. The number of ether oxygens (including phenoxy) is 4. The van der Waals surface area contributed by atoms with E-state index in [-0.39, 0.29) is 36.9 Å². The minimum atomic E-state index is -3.74. The maximum absolute atomic E-state index is 14.1. The van der Waals surface area contributed by atoms with E-state index in [1.165, 1.54) is 23.4 Å². The number of sulfonamides is 1. The van der Waals surface area contributed by atoms with Crippen LogP contribution in [0.15, 0.2) is 72.8 Å². The molecular weight excluding hydrogens is 775 g/mol. The normalized spacial score (nSPS) is 13.6. The van der Waals surface area contributed by atoms with Crippen LogP contribution in [0.4, 0.5) is 15.3 Å². The van der Waals surface area contributed by atoms with E-state index < -0.39 is 56.5 Å². The molecule has 2 amide bonds. The molecule has 0 aliphatic heterocycles. The number of benzene rings is 3. The molecule has 0 aliphatic rings. The van der Waals surface area contributed by atoms with Gasteiger partial charge in [-0.3, -0.25) is 4.31 Å². The molecule has 0 radical (unpaired) electrons. The molecule has 0 spiro atoms. The number of amides is 2. The van der Waals surface area contributed by atoms with Crippen molar-refractivity contribution in [3.8, 4) is 0 Å². The van der Waals surface area contributed by atoms with Gasteiger partial charge in [0.25, 0.3) is 0 Å². The van der Waals surface area contributed by atoms with Crippen molar-refractivity contribution >= 4 is 39.8 Å². The fourth-order valence-electron chi connectivity index (χ4n) is 6.12. The number of esters is 2. The Morgan fingerprint density at radius 1 is 0.712 bits per heavy atom. The van der Waals surface area contributed by atoms with Crippen molar-refractivity contribution in [2.45, 2.75) is 137 Å². The summed E-state index contributed by atoms with van der Waals surface area (Å²) in [6.07, 6.45) is 1.34. The fourth-order valence-corrected chi connectivity index (χ4v) is 7.12. The Hall–Kier alpha value is -5.11. The lowest BCUT2D eigenvalue weighted by molar-refractivity contribution is -0.152. The topological polar surface area (TPSA) is 167 Å². The van der Waals surface area contributed by atoms with Gasteiger partial charge in [0, 0.05) is 13.0 Å². The lowest BCUT2D eigenvalue weighted by atomic mass is 9.91. The number of carbonyl (C=O) groups is 4. The van der Waals surface area contributed by atoms with Gasteiger partial charge in [-0.15, -0.1) is 0 Å². The molecule has 0 saturated heterocycles. The van der Waals surface area contributed by atoms with E-state index in [2.05, 4.69) is 10.6 Å². The van der Waals surface area contributed by atoms with Crippen LogP contribution in [0.3, 0.4) is 0 Å². The number of alkyl carbamates (subject to hydrolysis) is 2. The van der Waals surface area contributed by atoms with E-state index in [9.17, 15) is 27.6 Å². The van der Waals surface area contributed by atoms with Crippen molar-refractivity contribution in [3.05, 3.63) is 101 Å². The summed E-state index contributed by atoms with van der Waals surface area (Å²) in [5, 5.41) is 5.72. The highest BCUT2D eigenvalue weighted by Gasteiger charge is 2.39. The molecule has 0 saturated carbocycles. The maximum Gasteiger partial charge on any atom is 0.408 e. The summed E-state index contributed by atoms with van der Waals surface area (Å²) in [6.45, 7) is 18.9. The van der Waals surface area contributed by atoms with Crippen LogP contribution in [0.2, 0.25) is 0 Å². The predicted octanol–water partition coefficient (Wildman–Crippen LogP) is 8.59. The highest BCUT2D eigenvalue weighted by molar-refractivity contribution is 7.92. The lowest BCUT2D eigenvalue weighted by Gasteiger charge is -2.30. The Morgan fingerprint density at radius 2 is 1.31 bits per heavy atom. The van der Waals surface area contributed by atoms with E-state index in [1.807, 2.05) is 61.5 Å². The third kappa shape index (κ3) is 16.6. The van der Waals surface area contributed by atoms with E-state index in [0.717, 1.165) is 17.4 Å². The second kappa shape index (κ2) is 19.8. The number of carbonyl (C=O) groups excluding carboxylic acids is 4. The monoisotopic (exact) mass is 837 g/mol. The zero-order chi connectivity index (χ0) is 44.4. The van der Waals surface area contributed by atoms with E-state index >= 15 is 0 Å². The van der Waals surface area contributed by atoms with Gasteiger partial charge in [-0.25, -0.2) is 27.6 Å². The van der Waals surface area contributed by atoms with Gasteiger partial charge in [0.15, 0.2) is 0 Å². The standard InChI is InChI=1S/C45H63N3O10S/c1-13-24-48(59(12,53)54)36-27-33(26-35(28-36)38(49)56-42(2,3)4)30-55-39(50)45(11,47-41(52)58-44(8,9)10)29-32-19-17-18-31(25-32)22-23-37(34-20-15-14-16-21-34)46-40(51)57-43(5,6)7/h14-21,25-28,37H,13,22-24,29-30H2,1-12H3,(H,46,51)(H,47,52). The molecule has 2 N–H and O–H groups in total. The minimum Gasteiger partial charge on any atom is -0.459 e. The number of nitrogens with zero attached hydrogens (tertiary/aromatic N) is 1. The van der Waals surface area contributed by atoms with Gasteiger partial charge in [0.1, 0.15) is 28.9 Å². The maximum atomic E-state index is 14.1. The van der Waals surface area contributed by atoms with Gasteiger partial charge in [-0.2, -0.15) is 0 Å².